The fourth-order valence-electron chi connectivity index (χ4n) is 3.31. The molecule has 1 aromatic heterocycles. The predicted octanol–water partition coefficient (Wildman–Crippen LogP) is 2.60. The third kappa shape index (κ3) is 3.84. The number of anilines is 2. The molecule has 0 atom stereocenters. The fourth-order valence-corrected chi connectivity index (χ4v) is 3.31. The van der Waals surface area contributed by atoms with Crippen molar-refractivity contribution in [3.63, 3.8) is 0 Å². The van der Waals surface area contributed by atoms with Gasteiger partial charge in [-0.25, -0.2) is 9.97 Å². The molecule has 2 N–H and O–H groups in total. The van der Waals surface area contributed by atoms with Crippen molar-refractivity contribution in [3.8, 4) is 0 Å². The van der Waals surface area contributed by atoms with Gasteiger partial charge in [0, 0.05) is 25.2 Å². The van der Waals surface area contributed by atoms with Crippen LogP contribution in [0.2, 0.25) is 0 Å². The second kappa shape index (κ2) is 8.17. The van der Waals surface area contributed by atoms with Gasteiger partial charge in [0.05, 0.1) is 6.61 Å². The standard InChI is InChI=1S/C16H28N4O/c1-3-7-14-15(17-2)18-12-19-16(14)20(10-11-21)13-8-5-4-6-9-13/h12-13,21H,3-11H2,1-2H3,(H,17,18,19). The smallest absolute Gasteiger partial charge is 0.137 e. The van der Waals surface area contributed by atoms with Crippen molar-refractivity contribution in [1.29, 1.82) is 0 Å². The molecule has 1 saturated carbocycles. The van der Waals surface area contributed by atoms with Crippen LogP contribution in [0.5, 0.6) is 0 Å². The maximum atomic E-state index is 9.48. The molecule has 0 spiro atoms. The molecule has 0 bridgehead atoms. The summed E-state index contributed by atoms with van der Waals surface area (Å²) in [4.78, 5) is 11.2. The Morgan fingerprint density at radius 1 is 1.29 bits per heavy atom. The highest BCUT2D eigenvalue weighted by atomic mass is 16.3. The summed E-state index contributed by atoms with van der Waals surface area (Å²) in [5.41, 5.74) is 1.18. The van der Waals surface area contributed by atoms with Gasteiger partial charge in [0.2, 0.25) is 0 Å². The van der Waals surface area contributed by atoms with Crippen molar-refractivity contribution in [2.45, 2.75) is 57.9 Å². The molecule has 118 valence electrons. The van der Waals surface area contributed by atoms with Crippen molar-refractivity contribution >= 4 is 11.6 Å². The van der Waals surface area contributed by atoms with Crippen LogP contribution in [0.15, 0.2) is 6.33 Å². The average molecular weight is 292 g/mol. The molecule has 1 aromatic rings. The summed E-state index contributed by atoms with van der Waals surface area (Å²) in [6.45, 7) is 3.00. The first-order valence-electron chi connectivity index (χ1n) is 8.21. The Kier molecular flexibility index (Phi) is 6.23. The Balaban J connectivity index is 2.33. The first kappa shape index (κ1) is 16.0. The van der Waals surface area contributed by atoms with E-state index in [1.54, 1.807) is 6.33 Å². The van der Waals surface area contributed by atoms with Crippen LogP contribution in [0.1, 0.15) is 51.0 Å². The van der Waals surface area contributed by atoms with Gasteiger partial charge in [0.25, 0.3) is 0 Å². The van der Waals surface area contributed by atoms with Gasteiger partial charge in [0.15, 0.2) is 0 Å². The van der Waals surface area contributed by atoms with Crippen LogP contribution in [0.4, 0.5) is 11.6 Å². The quantitative estimate of drug-likeness (QED) is 0.809. The summed E-state index contributed by atoms with van der Waals surface area (Å²) in [5, 5.41) is 12.7. The predicted molar refractivity (Wildman–Crippen MR) is 86.9 cm³/mol. The average Bonchev–Trinajstić information content (AvgIpc) is 2.54. The number of nitrogens with zero attached hydrogens (tertiary/aromatic N) is 3. The van der Waals surface area contributed by atoms with E-state index in [0.29, 0.717) is 12.6 Å². The highest BCUT2D eigenvalue weighted by molar-refractivity contribution is 5.59. The normalized spacial score (nSPS) is 16.0. The monoisotopic (exact) mass is 292 g/mol. The molecular weight excluding hydrogens is 264 g/mol. The fraction of sp³-hybridized carbons (Fsp3) is 0.750. The van der Waals surface area contributed by atoms with E-state index in [9.17, 15) is 5.11 Å². The Hall–Kier alpha value is -1.36. The molecule has 5 heteroatoms. The molecule has 5 nitrogen and oxygen atoms in total. The lowest BCUT2D eigenvalue weighted by atomic mass is 9.93. The van der Waals surface area contributed by atoms with Crippen LogP contribution >= 0.6 is 0 Å². The molecular formula is C16H28N4O. The van der Waals surface area contributed by atoms with Crippen LogP contribution in [0, 0.1) is 0 Å². The van der Waals surface area contributed by atoms with Crippen LogP contribution < -0.4 is 10.2 Å². The molecule has 0 unspecified atom stereocenters. The first-order chi connectivity index (χ1) is 10.3. The zero-order valence-electron chi connectivity index (χ0n) is 13.3. The SMILES string of the molecule is CCCc1c(NC)ncnc1N(CCO)C1CCCCC1. The molecule has 0 aromatic carbocycles. The van der Waals surface area contributed by atoms with Gasteiger partial charge in [0.1, 0.15) is 18.0 Å². The Labute approximate surface area is 127 Å². The van der Waals surface area contributed by atoms with Crippen molar-refractivity contribution in [3.05, 3.63) is 11.9 Å². The number of hydrogen-bond acceptors (Lipinski definition) is 5. The van der Waals surface area contributed by atoms with E-state index in [1.807, 2.05) is 7.05 Å². The van der Waals surface area contributed by atoms with Crippen LogP contribution in [0.25, 0.3) is 0 Å². The van der Waals surface area contributed by atoms with Crippen molar-refractivity contribution < 1.29 is 5.11 Å². The summed E-state index contributed by atoms with van der Waals surface area (Å²) in [5.74, 6) is 1.93. The van der Waals surface area contributed by atoms with E-state index >= 15 is 0 Å². The van der Waals surface area contributed by atoms with E-state index in [2.05, 4.69) is 27.1 Å². The zero-order chi connectivity index (χ0) is 15.1. The molecule has 1 fully saturated rings. The molecule has 0 saturated heterocycles. The largest absolute Gasteiger partial charge is 0.395 e. The Bertz CT molecular complexity index is 432. The highest BCUT2D eigenvalue weighted by Gasteiger charge is 2.25. The summed E-state index contributed by atoms with van der Waals surface area (Å²) in [7, 11) is 1.91. The maximum Gasteiger partial charge on any atom is 0.137 e. The minimum absolute atomic E-state index is 0.168. The highest BCUT2D eigenvalue weighted by Crippen LogP contribution is 2.30. The van der Waals surface area contributed by atoms with Crippen molar-refractivity contribution in [2.75, 3.05) is 30.4 Å². The summed E-state index contributed by atoms with van der Waals surface area (Å²) < 4.78 is 0. The topological polar surface area (TPSA) is 61.3 Å². The van der Waals surface area contributed by atoms with Crippen LogP contribution in [-0.4, -0.2) is 41.3 Å². The van der Waals surface area contributed by atoms with Gasteiger partial charge in [-0.1, -0.05) is 32.6 Å². The molecule has 0 aliphatic heterocycles. The zero-order valence-corrected chi connectivity index (χ0v) is 13.3. The first-order valence-corrected chi connectivity index (χ1v) is 8.21. The molecule has 0 radical (unpaired) electrons. The third-order valence-electron chi connectivity index (χ3n) is 4.29. The van der Waals surface area contributed by atoms with Gasteiger partial charge in [-0.2, -0.15) is 0 Å². The van der Waals surface area contributed by atoms with Crippen molar-refractivity contribution in [2.24, 2.45) is 0 Å². The Morgan fingerprint density at radius 3 is 2.67 bits per heavy atom. The van der Waals surface area contributed by atoms with Gasteiger partial charge in [-0.3, -0.25) is 0 Å². The van der Waals surface area contributed by atoms with Gasteiger partial charge in [-0.15, -0.1) is 0 Å². The number of nitrogens with one attached hydrogen (secondary N) is 1. The Morgan fingerprint density at radius 2 is 2.05 bits per heavy atom. The minimum Gasteiger partial charge on any atom is -0.395 e. The molecule has 1 aliphatic rings. The second-order valence-electron chi connectivity index (χ2n) is 5.73. The number of hydrogen-bond donors (Lipinski definition) is 2. The molecule has 1 heterocycles. The summed E-state index contributed by atoms with van der Waals surface area (Å²) >= 11 is 0. The lowest BCUT2D eigenvalue weighted by Crippen LogP contribution is -2.40. The molecule has 2 rings (SSSR count). The van der Waals surface area contributed by atoms with Gasteiger partial charge in [-0.05, 0) is 19.3 Å². The number of aliphatic hydroxyl groups is 1. The van der Waals surface area contributed by atoms with E-state index in [0.717, 1.165) is 24.5 Å². The number of rotatable bonds is 7. The molecule has 0 amide bonds. The summed E-state index contributed by atoms with van der Waals surface area (Å²) in [6.07, 6.45) is 9.94. The van der Waals surface area contributed by atoms with Crippen LogP contribution in [-0.2, 0) is 6.42 Å². The molecule has 21 heavy (non-hydrogen) atoms. The lowest BCUT2D eigenvalue weighted by molar-refractivity contribution is 0.289. The second-order valence-corrected chi connectivity index (χ2v) is 5.73. The van der Waals surface area contributed by atoms with Crippen LogP contribution in [0.3, 0.4) is 0 Å². The van der Waals surface area contributed by atoms with E-state index in [-0.39, 0.29) is 6.61 Å². The van der Waals surface area contributed by atoms with E-state index in [4.69, 9.17) is 0 Å². The number of aromatic nitrogens is 2. The summed E-state index contributed by atoms with van der Waals surface area (Å²) in [6, 6.07) is 0.501. The molecule has 1 aliphatic carbocycles. The van der Waals surface area contributed by atoms with E-state index < -0.39 is 0 Å². The number of aliphatic hydroxyl groups excluding tert-OH is 1. The van der Waals surface area contributed by atoms with Gasteiger partial charge >= 0.3 is 0 Å². The third-order valence-corrected chi connectivity index (χ3v) is 4.29. The van der Waals surface area contributed by atoms with Gasteiger partial charge < -0.3 is 15.3 Å². The lowest BCUT2D eigenvalue weighted by Gasteiger charge is -2.36. The minimum atomic E-state index is 0.168. The van der Waals surface area contributed by atoms with E-state index in [1.165, 1.54) is 37.7 Å². The van der Waals surface area contributed by atoms with Crippen molar-refractivity contribution in [1.82, 2.24) is 9.97 Å². The maximum absolute atomic E-state index is 9.48.